The predicted molar refractivity (Wildman–Crippen MR) is 119 cm³/mol. The highest BCUT2D eigenvalue weighted by molar-refractivity contribution is 14.0. The Hall–Kier alpha value is -0.610. The van der Waals surface area contributed by atoms with Crippen LogP contribution < -0.4 is 5.32 Å². The first-order valence-corrected chi connectivity index (χ1v) is 10.0. The predicted octanol–water partition coefficient (Wildman–Crippen LogP) is 1.81. The normalized spacial score (nSPS) is 22.9. The van der Waals surface area contributed by atoms with E-state index >= 15 is 0 Å². The molecule has 0 aliphatic carbocycles. The first-order chi connectivity index (χ1) is 12.6. The summed E-state index contributed by atoms with van der Waals surface area (Å²) in [4.78, 5) is 21.3. The number of esters is 1. The molecule has 2 unspecified atom stereocenters. The molecule has 0 spiro atoms. The molecule has 0 radical (unpaired) electrons. The van der Waals surface area contributed by atoms with E-state index in [2.05, 4.69) is 34.0 Å². The Morgan fingerprint density at radius 2 is 2.00 bits per heavy atom. The van der Waals surface area contributed by atoms with Crippen LogP contribution in [0.3, 0.4) is 0 Å². The van der Waals surface area contributed by atoms with Gasteiger partial charge in [0.25, 0.3) is 0 Å². The van der Waals surface area contributed by atoms with Gasteiger partial charge in [0.2, 0.25) is 0 Å². The van der Waals surface area contributed by atoms with Gasteiger partial charge in [-0.1, -0.05) is 13.8 Å². The van der Waals surface area contributed by atoms with Crippen LogP contribution in [-0.2, 0) is 14.3 Å². The summed E-state index contributed by atoms with van der Waals surface area (Å²) < 4.78 is 10.7. The van der Waals surface area contributed by atoms with Gasteiger partial charge in [-0.2, -0.15) is 0 Å². The van der Waals surface area contributed by atoms with Crippen molar-refractivity contribution in [2.75, 3.05) is 59.6 Å². The third-order valence-electron chi connectivity index (χ3n) is 5.31. The lowest BCUT2D eigenvalue weighted by molar-refractivity contribution is -0.149. The van der Waals surface area contributed by atoms with E-state index in [0.717, 1.165) is 58.2 Å². The fraction of sp³-hybridized carbons (Fsp3) is 0.895. The van der Waals surface area contributed by atoms with Crippen molar-refractivity contribution in [2.24, 2.45) is 16.8 Å². The van der Waals surface area contributed by atoms with Crippen LogP contribution in [0.4, 0.5) is 0 Å². The van der Waals surface area contributed by atoms with Crippen molar-refractivity contribution in [3.8, 4) is 0 Å². The van der Waals surface area contributed by atoms with E-state index in [0.29, 0.717) is 25.1 Å². The number of nitrogens with zero attached hydrogens (tertiary/aromatic N) is 3. The number of morpholine rings is 1. The summed E-state index contributed by atoms with van der Waals surface area (Å²) in [6.45, 7) is 12.9. The number of hydrogen-bond acceptors (Lipinski definition) is 5. The van der Waals surface area contributed by atoms with Gasteiger partial charge in [-0.3, -0.25) is 14.7 Å². The average Bonchev–Trinajstić information content (AvgIpc) is 2.66. The number of aliphatic imine (C=N–C) groups is 1. The highest BCUT2D eigenvalue weighted by Crippen LogP contribution is 2.18. The molecule has 2 heterocycles. The Bertz CT molecular complexity index is 470. The maximum absolute atomic E-state index is 12.1. The molecule has 7 nitrogen and oxygen atoms in total. The standard InChI is InChI=1S/C19H36N4O3.HI/c1-5-26-18(24)16-7-6-8-23(14-16)19(20-4)21-13-17(15(2)3)22-9-11-25-12-10-22;/h15-17H,5-14H2,1-4H3,(H,20,21);1H. The number of halogens is 1. The number of hydrogen-bond donors (Lipinski definition) is 1. The third kappa shape index (κ3) is 7.38. The fourth-order valence-corrected chi connectivity index (χ4v) is 3.85. The fourth-order valence-electron chi connectivity index (χ4n) is 3.85. The molecule has 0 aromatic rings. The zero-order valence-corrected chi connectivity index (χ0v) is 19.6. The number of carbonyl (C=O) groups excluding carboxylic acids is 1. The number of guanidine groups is 1. The van der Waals surface area contributed by atoms with Crippen molar-refractivity contribution in [2.45, 2.75) is 39.7 Å². The van der Waals surface area contributed by atoms with Crippen LogP contribution >= 0.6 is 24.0 Å². The summed E-state index contributed by atoms with van der Waals surface area (Å²) in [6.07, 6.45) is 1.88. The molecule has 2 fully saturated rings. The molecule has 0 amide bonds. The molecule has 8 heteroatoms. The zero-order chi connectivity index (χ0) is 18.9. The van der Waals surface area contributed by atoms with Crippen molar-refractivity contribution in [3.05, 3.63) is 0 Å². The molecule has 27 heavy (non-hydrogen) atoms. The zero-order valence-electron chi connectivity index (χ0n) is 17.3. The van der Waals surface area contributed by atoms with Gasteiger partial charge in [-0.25, -0.2) is 0 Å². The minimum Gasteiger partial charge on any atom is -0.466 e. The van der Waals surface area contributed by atoms with E-state index in [1.807, 2.05) is 14.0 Å². The summed E-state index contributed by atoms with van der Waals surface area (Å²) in [5, 5.41) is 3.55. The molecule has 158 valence electrons. The molecule has 0 aromatic heterocycles. The highest BCUT2D eigenvalue weighted by atomic mass is 127. The third-order valence-corrected chi connectivity index (χ3v) is 5.31. The maximum Gasteiger partial charge on any atom is 0.310 e. The van der Waals surface area contributed by atoms with Crippen molar-refractivity contribution in [3.63, 3.8) is 0 Å². The number of carbonyl (C=O) groups is 1. The van der Waals surface area contributed by atoms with Crippen LogP contribution in [0.15, 0.2) is 4.99 Å². The summed E-state index contributed by atoms with van der Waals surface area (Å²) >= 11 is 0. The molecule has 0 bridgehead atoms. The van der Waals surface area contributed by atoms with Crippen LogP contribution in [0, 0.1) is 11.8 Å². The summed E-state index contributed by atoms with van der Waals surface area (Å²) in [6, 6.07) is 0.446. The topological polar surface area (TPSA) is 66.4 Å². The van der Waals surface area contributed by atoms with Crippen LogP contribution in [0.5, 0.6) is 0 Å². The number of likely N-dealkylation sites (tertiary alicyclic amines) is 1. The van der Waals surface area contributed by atoms with Gasteiger partial charge in [0, 0.05) is 45.8 Å². The minimum absolute atomic E-state index is 0. The minimum atomic E-state index is -0.0824. The number of piperidine rings is 1. The van der Waals surface area contributed by atoms with E-state index in [-0.39, 0.29) is 35.9 Å². The van der Waals surface area contributed by atoms with Gasteiger partial charge >= 0.3 is 5.97 Å². The van der Waals surface area contributed by atoms with Gasteiger partial charge in [0.15, 0.2) is 5.96 Å². The molecule has 1 N–H and O–H groups in total. The molecular weight excluding hydrogens is 459 g/mol. The summed E-state index contributed by atoms with van der Waals surface area (Å²) in [5.74, 6) is 1.30. The van der Waals surface area contributed by atoms with Gasteiger partial charge in [0.05, 0.1) is 25.7 Å². The Morgan fingerprint density at radius 1 is 1.30 bits per heavy atom. The molecule has 2 rings (SSSR count). The number of rotatable bonds is 6. The van der Waals surface area contributed by atoms with E-state index in [9.17, 15) is 4.79 Å². The average molecular weight is 496 g/mol. The molecular formula is C19H37IN4O3. The van der Waals surface area contributed by atoms with Crippen LogP contribution in [0.2, 0.25) is 0 Å². The Labute approximate surface area is 181 Å². The van der Waals surface area contributed by atoms with E-state index in [1.54, 1.807) is 0 Å². The van der Waals surface area contributed by atoms with Crippen LogP contribution in [-0.4, -0.2) is 87.4 Å². The monoisotopic (exact) mass is 496 g/mol. The molecule has 2 atom stereocenters. The molecule has 0 aromatic carbocycles. The smallest absolute Gasteiger partial charge is 0.310 e. The van der Waals surface area contributed by atoms with Gasteiger partial charge < -0.3 is 19.7 Å². The van der Waals surface area contributed by atoms with E-state index < -0.39 is 0 Å². The number of nitrogens with one attached hydrogen (secondary N) is 1. The number of ether oxygens (including phenoxy) is 2. The van der Waals surface area contributed by atoms with Gasteiger partial charge in [0.1, 0.15) is 0 Å². The van der Waals surface area contributed by atoms with Gasteiger partial charge in [-0.05, 0) is 25.7 Å². The molecule has 2 saturated heterocycles. The maximum atomic E-state index is 12.1. The summed E-state index contributed by atoms with van der Waals surface area (Å²) in [5.41, 5.74) is 0. The molecule has 0 saturated carbocycles. The largest absolute Gasteiger partial charge is 0.466 e. The van der Waals surface area contributed by atoms with E-state index in [4.69, 9.17) is 9.47 Å². The molecule has 2 aliphatic rings. The van der Waals surface area contributed by atoms with Crippen LogP contribution in [0.1, 0.15) is 33.6 Å². The van der Waals surface area contributed by atoms with Crippen LogP contribution in [0.25, 0.3) is 0 Å². The van der Waals surface area contributed by atoms with E-state index in [1.165, 1.54) is 0 Å². The van der Waals surface area contributed by atoms with Crippen molar-refractivity contribution in [1.29, 1.82) is 0 Å². The van der Waals surface area contributed by atoms with Gasteiger partial charge in [-0.15, -0.1) is 24.0 Å². The first-order valence-electron chi connectivity index (χ1n) is 10.0. The quantitative estimate of drug-likeness (QED) is 0.262. The lowest BCUT2D eigenvalue weighted by Crippen LogP contribution is -2.54. The highest BCUT2D eigenvalue weighted by Gasteiger charge is 2.29. The second kappa shape index (κ2) is 12.8. The van der Waals surface area contributed by atoms with Crippen molar-refractivity contribution in [1.82, 2.24) is 15.1 Å². The Morgan fingerprint density at radius 3 is 2.59 bits per heavy atom. The SMILES string of the molecule is CCOC(=O)C1CCCN(C(=NC)NCC(C(C)C)N2CCOCC2)C1.I. The lowest BCUT2D eigenvalue weighted by atomic mass is 9.98. The second-order valence-corrected chi connectivity index (χ2v) is 7.43. The van der Waals surface area contributed by atoms with Crippen molar-refractivity contribution < 1.29 is 14.3 Å². The lowest BCUT2D eigenvalue weighted by Gasteiger charge is -2.39. The summed E-state index contributed by atoms with van der Waals surface area (Å²) in [7, 11) is 1.81. The van der Waals surface area contributed by atoms with Crippen molar-refractivity contribution >= 4 is 35.9 Å². The second-order valence-electron chi connectivity index (χ2n) is 7.43. The first kappa shape index (κ1) is 24.4. The molecule has 2 aliphatic heterocycles. The Balaban J connectivity index is 0.00000364. The Kier molecular flexibility index (Phi) is 11.6.